The van der Waals surface area contributed by atoms with Crippen molar-refractivity contribution in [3.63, 3.8) is 0 Å². The van der Waals surface area contributed by atoms with Crippen LogP contribution in [0.25, 0.3) is 11.1 Å². The molecule has 3 unspecified atom stereocenters. The number of rotatable bonds is 23. The zero-order valence-electron chi connectivity index (χ0n) is 28.5. The van der Waals surface area contributed by atoms with Crippen molar-refractivity contribution >= 4 is 23.9 Å². The number of hydrogen-bond donors (Lipinski definition) is 2. The van der Waals surface area contributed by atoms with Crippen LogP contribution in [0.1, 0.15) is 62.4 Å². The van der Waals surface area contributed by atoms with Crippen LogP contribution in [0.3, 0.4) is 0 Å². The average Bonchev–Trinajstić information content (AvgIpc) is 3.08. The van der Waals surface area contributed by atoms with Crippen molar-refractivity contribution in [3.05, 3.63) is 53.6 Å². The molecule has 11 nitrogen and oxygen atoms in total. The predicted octanol–water partition coefficient (Wildman–Crippen LogP) is 4.19. The number of anilines is 1. The van der Waals surface area contributed by atoms with Gasteiger partial charge in [0.1, 0.15) is 0 Å². The lowest BCUT2D eigenvalue weighted by molar-refractivity contribution is -0.117. The third-order valence-electron chi connectivity index (χ3n) is 8.37. The summed E-state index contributed by atoms with van der Waals surface area (Å²) >= 11 is 0. The first-order chi connectivity index (χ1) is 22.9. The first kappa shape index (κ1) is 38.1. The Morgan fingerprint density at radius 3 is 1.89 bits per heavy atom. The van der Waals surface area contributed by atoms with Gasteiger partial charge in [0.2, 0.25) is 12.3 Å². The molecular weight excluding hydrogens is 602 g/mol. The van der Waals surface area contributed by atoms with E-state index < -0.39 is 0 Å². The van der Waals surface area contributed by atoms with E-state index in [1.807, 2.05) is 29.2 Å². The molecule has 3 amide bonds. The molecule has 2 N–H and O–H groups in total. The summed E-state index contributed by atoms with van der Waals surface area (Å²) in [7, 11) is 0. The lowest BCUT2D eigenvalue weighted by atomic mass is 9.76. The van der Waals surface area contributed by atoms with E-state index in [1.165, 1.54) is 5.56 Å². The average molecular weight is 656 g/mol. The fourth-order valence-electron chi connectivity index (χ4n) is 5.72. The summed E-state index contributed by atoms with van der Waals surface area (Å²) in [6.07, 6.45) is 2.68. The maximum atomic E-state index is 12.7. The third kappa shape index (κ3) is 12.6. The van der Waals surface area contributed by atoms with Crippen LogP contribution in [-0.4, -0.2) is 103 Å². The Hall–Kier alpha value is -3.35. The van der Waals surface area contributed by atoms with Crippen molar-refractivity contribution in [1.29, 1.82) is 0 Å². The Morgan fingerprint density at radius 2 is 1.36 bits per heavy atom. The summed E-state index contributed by atoms with van der Waals surface area (Å²) in [5.41, 5.74) is 4.95. The first-order valence-corrected chi connectivity index (χ1v) is 16.7. The van der Waals surface area contributed by atoms with Crippen LogP contribution in [0.4, 0.5) is 5.69 Å². The molecule has 1 aliphatic heterocycles. The summed E-state index contributed by atoms with van der Waals surface area (Å²) < 4.78 is 27.2. The Morgan fingerprint density at radius 1 is 0.830 bits per heavy atom. The Labute approximate surface area is 279 Å². The van der Waals surface area contributed by atoms with Gasteiger partial charge in [-0.25, -0.2) is 0 Å². The van der Waals surface area contributed by atoms with Crippen molar-refractivity contribution in [2.45, 2.75) is 52.5 Å². The third-order valence-corrected chi connectivity index (χ3v) is 8.37. The summed E-state index contributed by atoms with van der Waals surface area (Å²) in [4.78, 5) is 37.2. The number of carbonyl (C=O) groups is 3. The molecule has 11 heteroatoms. The summed E-state index contributed by atoms with van der Waals surface area (Å²) in [6, 6.07) is 14.2. The van der Waals surface area contributed by atoms with Crippen LogP contribution in [0, 0.1) is 5.92 Å². The lowest BCUT2D eigenvalue weighted by Crippen LogP contribution is -2.42. The minimum atomic E-state index is -0.148. The highest BCUT2D eigenvalue weighted by atomic mass is 16.6. The number of fused-ring (bicyclic) bond motifs is 1. The SMILES string of the molecule is CCC(C)C1CC(C)N(C(C)=O)c2ccc(-c3ccc(C(=O)NCCOCCOCCOCCOCCOCCNC=O)cc3)cc21. The zero-order chi connectivity index (χ0) is 33.9. The van der Waals surface area contributed by atoms with Crippen LogP contribution in [0.2, 0.25) is 0 Å². The normalized spacial score (nSPS) is 16.4. The molecule has 0 bridgehead atoms. The van der Waals surface area contributed by atoms with Crippen LogP contribution >= 0.6 is 0 Å². The second-order valence-electron chi connectivity index (χ2n) is 11.7. The van der Waals surface area contributed by atoms with Gasteiger partial charge < -0.3 is 39.2 Å². The van der Waals surface area contributed by atoms with Gasteiger partial charge >= 0.3 is 0 Å². The molecule has 2 aromatic carbocycles. The molecule has 0 spiro atoms. The topological polar surface area (TPSA) is 125 Å². The maximum absolute atomic E-state index is 12.7. The van der Waals surface area contributed by atoms with Gasteiger partial charge in [0, 0.05) is 37.3 Å². The summed E-state index contributed by atoms with van der Waals surface area (Å²) in [6.45, 7) is 13.7. The van der Waals surface area contributed by atoms with Crippen LogP contribution in [0.15, 0.2) is 42.5 Å². The van der Waals surface area contributed by atoms with Crippen molar-refractivity contribution in [2.75, 3.05) is 84.1 Å². The van der Waals surface area contributed by atoms with Crippen molar-refractivity contribution in [3.8, 4) is 11.1 Å². The predicted molar refractivity (Wildman–Crippen MR) is 182 cm³/mol. The molecule has 0 fully saturated rings. The van der Waals surface area contributed by atoms with Crippen molar-refractivity contribution < 1.29 is 38.1 Å². The molecular formula is C36H53N3O8. The lowest BCUT2D eigenvalue weighted by Gasteiger charge is -2.41. The van der Waals surface area contributed by atoms with E-state index in [4.69, 9.17) is 23.7 Å². The second kappa shape index (κ2) is 21.5. The summed E-state index contributed by atoms with van der Waals surface area (Å²) in [5.74, 6) is 0.837. The van der Waals surface area contributed by atoms with E-state index >= 15 is 0 Å². The number of ether oxygens (including phenoxy) is 5. The first-order valence-electron chi connectivity index (χ1n) is 16.7. The van der Waals surface area contributed by atoms with E-state index in [0.29, 0.717) is 103 Å². The Balaban J connectivity index is 1.30. The minimum Gasteiger partial charge on any atom is -0.377 e. The smallest absolute Gasteiger partial charge is 0.251 e. The molecule has 3 atom stereocenters. The van der Waals surface area contributed by atoms with Gasteiger partial charge in [-0.15, -0.1) is 0 Å². The van der Waals surface area contributed by atoms with Gasteiger partial charge in [0.25, 0.3) is 5.91 Å². The highest BCUT2D eigenvalue weighted by Crippen LogP contribution is 2.44. The molecule has 0 saturated heterocycles. The fraction of sp³-hybridized carbons (Fsp3) is 0.583. The fourth-order valence-corrected chi connectivity index (χ4v) is 5.72. The van der Waals surface area contributed by atoms with E-state index in [9.17, 15) is 14.4 Å². The Kier molecular flexibility index (Phi) is 17.4. The number of hydrogen-bond acceptors (Lipinski definition) is 8. The molecule has 47 heavy (non-hydrogen) atoms. The zero-order valence-corrected chi connectivity index (χ0v) is 28.5. The quantitative estimate of drug-likeness (QED) is 0.135. The van der Waals surface area contributed by atoms with Crippen LogP contribution in [-0.2, 0) is 33.3 Å². The van der Waals surface area contributed by atoms with Gasteiger partial charge in [0.05, 0.1) is 66.1 Å². The number of nitrogens with one attached hydrogen (secondary N) is 2. The molecule has 260 valence electrons. The molecule has 1 heterocycles. The van der Waals surface area contributed by atoms with E-state index in [1.54, 1.807) is 6.92 Å². The van der Waals surface area contributed by atoms with Crippen LogP contribution < -0.4 is 15.5 Å². The number of amides is 3. The number of benzene rings is 2. The number of carbonyl (C=O) groups excluding carboxylic acids is 3. The monoisotopic (exact) mass is 655 g/mol. The largest absolute Gasteiger partial charge is 0.377 e. The standard InChI is InChI=1S/C36H53N3O8/c1-5-27(2)33-24-28(3)39(29(4)41)35-11-10-32(25-34(33)35)30-6-8-31(9-7-30)36(42)38-13-15-44-17-19-46-21-23-47-22-20-45-18-16-43-14-12-37-26-40/h6-11,25-28,33H,5,12-24H2,1-4H3,(H,37,40)(H,38,42). The molecule has 3 rings (SSSR count). The molecule has 0 saturated carbocycles. The highest BCUT2D eigenvalue weighted by molar-refractivity contribution is 5.95. The van der Waals surface area contributed by atoms with Crippen molar-refractivity contribution in [2.24, 2.45) is 5.92 Å². The van der Waals surface area contributed by atoms with E-state index in [0.717, 1.165) is 29.7 Å². The van der Waals surface area contributed by atoms with Gasteiger partial charge in [-0.3, -0.25) is 14.4 Å². The summed E-state index contributed by atoms with van der Waals surface area (Å²) in [5, 5.41) is 5.42. The van der Waals surface area contributed by atoms with Gasteiger partial charge in [-0.2, -0.15) is 0 Å². The minimum absolute atomic E-state index is 0.0737. The van der Waals surface area contributed by atoms with Gasteiger partial charge in [-0.05, 0) is 66.1 Å². The van der Waals surface area contributed by atoms with Crippen LogP contribution in [0.5, 0.6) is 0 Å². The van der Waals surface area contributed by atoms with E-state index in [2.05, 4.69) is 49.6 Å². The molecule has 2 aromatic rings. The molecule has 0 radical (unpaired) electrons. The number of nitrogens with zero attached hydrogens (tertiary/aromatic N) is 1. The maximum Gasteiger partial charge on any atom is 0.251 e. The van der Waals surface area contributed by atoms with Gasteiger partial charge in [0.15, 0.2) is 0 Å². The highest BCUT2D eigenvalue weighted by Gasteiger charge is 2.34. The second-order valence-corrected chi connectivity index (χ2v) is 11.7. The molecule has 1 aliphatic rings. The van der Waals surface area contributed by atoms with Gasteiger partial charge in [-0.1, -0.05) is 38.5 Å². The van der Waals surface area contributed by atoms with E-state index in [-0.39, 0.29) is 17.9 Å². The van der Waals surface area contributed by atoms with Crippen molar-refractivity contribution in [1.82, 2.24) is 10.6 Å². The Bertz CT molecular complexity index is 1230. The molecule has 0 aliphatic carbocycles. The molecule has 0 aromatic heterocycles.